The van der Waals surface area contributed by atoms with Gasteiger partial charge in [-0.15, -0.1) is 0 Å². The van der Waals surface area contributed by atoms with E-state index in [4.69, 9.17) is 33.7 Å². The summed E-state index contributed by atoms with van der Waals surface area (Å²) in [5, 5.41) is -0.902. The van der Waals surface area contributed by atoms with E-state index in [0.29, 0.717) is 11.3 Å². The number of rotatable bonds is 4. The second-order valence-electron chi connectivity index (χ2n) is 11.7. The van der Waals surface area contributed by atoms with E-state index >= 15 is 13.2 Å². The van der Waals surface area contributed by atoms with Crippen LogP contribution in [0.15, 0.2) is 35.8 Å². The largest absolute Gasteiger partial charge is 0.487 e. The van der Waals surface area contributed by atoms with Crippen LogP contribution in [0.25, 0.3) is 27.7 Å². The molecule has 4 aromatic rings. The van der Waals surface area contributed by atoms with Crippen molar-refractivity contribution in [2.75, 3.05) is 30.3 Å². The van der Waals surface area contributed by atoms with Crippen LogP contribution in [0.1, 0.15) is 37.9 Å². The normalized spacial score (nSPS) is 17.6. The van der Waals surface area contributed by atoms with Gasteiger partial charge in [-0.05, 0) is 43.5 Å². The highest BCUT2D eigenvalue weighted by molar-refractivity contribution is 6.37. The average molecular weight is 674 g/mol. The van der Waals surface area contributed by atoms with Crippen LogP contribution in [0.2, 0.25) is 10.0 Å². The number of piperazine rings is 1. The van der Waals surface area contributed by atoms with E-state index in [1.165, 1.54) is 6.08 Å². The molecule has 1 amide bonds. The van der Waals surface area contributed by atoms with Crippen molar-refractivity contribution in [2.24, 2.45) is 0 Å². The molecule has 2 N–H and O–H groups in total. The van der Waals surface area contributed by atoms with E-state index in [9.17, 15) is 9.59 Å². The van der Waals surface area contributed by atoms with Gasteiger partial charge in [0.05, 0.1) is 44.1 Å². The second-order valence-corrected chi connectivity index (χ2v) is 12.5. The number of halogens is 5. The minimum atomic E-state index is -1.31. The van der Waals surface area contributed by atoms with Crippen LogP contribution < -0.4 is 21.1 Å². The Morgan fingerprint density at radius 2 is 1.87 bits per heavy atom. The highest BCUT2D eigenvalue weighted by Gasteiger charge is 2.41. The topological polar surface area (TPSA) is 107 Å². The summed E-state index contributed by atoms with van der Waals surface area (Å²) in [5.74, 6) is -4.88. The lowest BCUT2D eigenvalue weighted by Gasteiger charge is -2.44. The minimum absolute atomic E-state index is 0.0409. The van der Waals surface area contributed by atoms with Gasteiger partial charge in [0.15, 0.2) is 23.2 Å². The Morgan fingerprint density at radius 1 is 1.15 bits per heavy atom. The molecule has 0 bridgehead atoms. The van der Waals surface area contributed by atoms with Gasteiger partial charge in [0.1, 0.15) is 17.9 Å². The van der Waals surface area contributed by atoms with Crippen molar-refractivity contribution in [2.45, 2.75) is 45.7 Å². The Morgan fingerprint density at radius 3 is 2.54 bits per heavy atom. The molecule has 4 heterocycles. The van der Waals surface area contributed by atoms with Gasteiger partial charge in [-0.2, -0.15) is 4.98 Å². The number of ether oxygens (including phenoxy) is 1. The molecule has 2 aromatic heterocycles. The van der Waals surface area contributed by atoms with Crippen molar-refractivity contribution in [3.05, 3.63) is 80.2 Å². The van der Waals surface area contributed by atoms with Crippen molar-refractivity contribution in [1.82, 2.24) is 19.4 Å². The SMILES string of the molecule is C=CC(=O)N1CC2COc3c(F)c(-c4c(N)c(Cl)cc(Cl)c4F)c(F)c4c3c(nc(=O)n4-c3c(C)ccnc3C(C)C)N2CC1C. The van der Waals surface area contributed by atoms with Gasteiger partial charge in [0.2, 0.25) is 5.91 Å². The zero-order chi connectivity index (χ0) is 33.4. The molecule has 0 saturated carbocycles. The summed E-state index contributed by atoms with van der Waals surface area (Å²) < 4.78 is 56.9. The summed E-state index contributed by atoms with van der Waals surface area (Å²) >= 11 is 12.3. The number of benzene rings is 2. The van der Waals surface area contributed by atoms with Crippen LogP contribution in [0.4, 0.5) is 24.7 Å². The molecule has 1 fully saturated rings. The third kappa shape index (κ3) is 4.68. The second kappa shape index (κ2) is 11.5. The first kappa shape index (κ1) is 31.7. The Labute approximate surface area is 272 Å². The number of fused-ring (bicyclic) bond motifs is 2. The monoisotopic (exact) mass is 672 g/mol. The molecule has 2 aromatic carbocycles. The summed E-state index contributed by atoms with van der Waals surface area (Å²) in [4.78, 5) is 38.9. The van der Waals surface area contributed by atoms with E-state index in [1.807, 2.05) is 13.8 Å². The van der Waals surface area contributed by atoms with Crippen LogP contribution in [-0.2, 0) is 4.79 Å². The van der Waals surface area contributed by atoms with E-state index in [1.54, 1.807) is 35.9 Å². The first-order valence-electron chi connectivity index (χ1n) is 14.5. The van der Waals surface area contributed by atoms with Crippen LogP contribution in [0.3, 0.4) is 0 Å². The molecule has 2 atom stereocenters. The number of aromatic nitrogens is 3. The van der Waals surface area contributed by atoms with E-state index in [0.717, 1.165) is 10.6 Å². The molecule has 6 rings (SSSR count). The van der Waals surface area contributed by atoms with Crippen LogP contribution >= 0.6 is 23.2 Å². The molecule has 46 heavy (non-hydrogen) atoms. The molecule has 2 unspecified atom stereocenters. The fourth-order valence-corrected chi connectivity index (χ4v) is 6.78. The zero-order valence-corrected chi connectivity index (χ0v) is 26.8. The molecule has 0 spiro atoms. The van der Waals surface area contributed by atoms with Crippen molar-refractivity contribution < 1.29 is 22.7 Å². The minimum Gasteiger partial charge on any atom is -0.487 e. The molecular formula is C32H29Cl2F3N6O3. The molecular weight excluding hydrogens is 644 g/mol. The van der Waals surface area contributed by atoms with Gasteiger partial charge in [-0.1, -0.05) is 43.6 Å². The number of anilines is 2. The van der Waals surface area contributed by atoms with Gasteiger partial charge >= 0.3 is 5.69 Å². The Kier molecular flexibility index (Phi) is 7.92. The Hall–Kier alpha value is -4.29. The van der Waals surface area contributed by atoms with Gasteiger partial charge in [-0.3, -0.25) is 14.3 Å². The van der Waals surface area contributed by atoms with E-state index in [-0.39, 0.29) is 59.5 Å². The third-order valence-corrected chi connectivity index (χ3v) is 9.11. The number of nitrogens with zero attached hydrogens (tertiary/aromatic N) is 5. The maximum Gasteiger partial charge on any atom is 0.354 e. The number of aryl methyl sites for hydroxylation is 1. The summed E-state index contributed by atoms with van der Waals surface area (Å²) in [5.41, 5.74) is 3.93. The zero-order valence-electron chi connectivity index (χ0n) is 25.3. The van der Waals surface area contributed by atoms with Gasteiger partial charge < -0.3 is 20.3 Å². The maximum atomic E-state index is 17.3. The smallest absolute Gasteiger partial charge is 0.354 e. The summed E-state index contributed by atoms with van der Waals surface area (Å²) in [6, 6.07) is 1.68. The van der Waals surface area contributed by atoms with Crippen LogP contribution in [0.5, 0.6) is 5.75 Å². The summed E-state index contributed by atoms with van der Waals surface area (Å²) in [7, 11) is 0. The molecule has 14 heteroatoms. The number of pyridine rings is 1. The number of carbonyl (C=O) groups excluding carboxylic acids is 1. The number of carbonyl (C=O) groups is 1. The maximum absolute atomic E-state index is 17.3. The average Bonchev–Trinajstić information content (AvgIpc) is 3.16. The fourth-order valence-electron chi connectivity index (χ4n) is 6.32. The highest BCUT2D eigenvalue weighted by Crippen LogP contribution is 2.48. The predicted molar refractivity (Wildman–Crippen MR) is 172 cm³/mol. The Bertz CT molecular complexity index is 2010. The number of hydrogen-bond acceptors (Lipinski definition) is 7. The quantitative estimate of drug-likeness (QED) is 0.157. The number of nitrogens with two attached hydrogens (primary N) is 1. The van der Waals surface area contributed by atoms with Crippen LogP contribution in [-0.4, -0.2) is 57.1 Å². The predicted octanol–water partition coefficient (Wildman–Crippen LogP) is 6.17. The molecule has 9 nitrogen and oxygen atoms in total. The van der Waals surface area contributed by atoms with Crippen molar-refractivity contribution in [1.29, 1.82) is 0 Å². The number of hydrogen-bond donors (Lipinski definition) is 1. The van der Waals surface area contributed by atoms with Gasteiger partial charge in [0.25, 0.3) is 0 Å². The summed E-state index contributed by atoms with van der Waals surface area (Å²) in [6.45, 7) is 10.9. The van der Waals surface area contributed by atoms with Gasteiger partial charge in [0, 0.05) is 30.9 Å². The molecule has 2 aliphatic heterocycles. The first-order valence-corrected chi connectivity index (χ1v) is 15.2. The van der Waals surface area contributed by atoms with Gasteiger partial charge in [-0.25, -0.2) is 18.0 Å². The summed E-state index contributed by atoms with van der Waals surface area (Å²) in [6.07, 6.45) is 2.75. The Balaban J connectivity index is 1.79. The standard InChI is InChI=1S/C32H29Cl2F3N6O3/c1-6-19(44)41-11-16-12-46-30-22-29(24(36)20(25(30)37)21-23(35)17(33)9-18(34)26(21)38)43(28-14(4)7-8-39-27(28)13(2)3)32(45)40-31(22)42(16)10-15(41)5/h6-9,13,15-16H,1,10-12,38H2,2-5H3. The van der Waals surface area contributed by atoms with Crippen molar-refractivity contribution in [3.63, 3.8) is 0 Å². The highest BCUT2D eigenvalue weighted by atomic mass is 35.5. The third-order valence-electron chi connectivity index (χ3n) is 8.53. The molecule has 240 valence electrons. The first-order chi connectivity index (χ1) is 21.8. The van der Waals surface area contributed by atoms with Crippen molar-refractivity contribution in [3.8, 4) is 22.6 Å². The van der Waals surface area contributed by atoms with E-state index < -0.39 is 62.3 Å². The number of amides is 1. The lowest BCUT2D eigenvalue weighted by molar-refractivity contribution is -0.129. The number of nitrogen functional groups attached to an aromatic ring is 1. The van der Waals surface area contributed by atoms with E-state index in [2.05, 4.69) is 16.5 Å². The molecule has 2 aliphatic rings. The molecule has 1 saturated heterocycles. The lowest BCUT2D eigenvalue weighted by atomic mass is 9.97. The lowest BCUT2D eigenvalue weighted by Crippen LogP contribution is -2.60. The fraction of sp³-hybridized carbons (Fsp3) is 0.312. The molecule has 0 radical (unpaired) electrons. The molecule has 0 aliphatic carbocycles. The van der Waals surface area contributed by atoms with Crippen molar-refractivity contribution >= 4 is 51.5 Å². The van der Waals surface area contributed by atoms with Crippen LogP contribution in [0, 0.1) is 24.4 Å².